The maximum atomic E-state index is 13.1. The summed E-state index contributed by atoms with van der Waals surface area (Å²) >= 11 is 0. The second-order valence-corrected chi connectivity index (χ2v) is 3.97. The summed E-state index contributed by atoms with van der Waals surface area (Å²) in [5.41, 5.74) is 3.73. The molecule has 0 spiro atoms. The number of carbonyl (C=O) groups excluding carboxylic acids is 1. The number of anilines is 2. The Morgan fingerprint density at radius 1 is 1.32 bits per heavy atom. The highest BCUT2D eigenvalue weighted by Crippen LogP contribution is 2.17. The first-order valence-corrected chi connectivity index (χ1v) is 5.61. The molecule has 2 rings (SSSR count). The summed E-state index contributed by atoms with van der Waals surface area (Å²) in [4.78, 5) is 16.0. The molecule has 0 unspecified atom stereocenters. The van der Waals surface area contributed by atoms with Crippen LogP contribution in [-0.4, -0.2) is 10.9 Å². The number of nitrogen functional groups attached to an aromatic ring is 1. The number of benzene rings is 1. The van der Waals surface area contributed by atoms with Gasteiger partial charge in [0.2, 0.25) is 0 Å². The van der Waals surface area contributed by atoms with Gasteiger partial charge in [-0.05, 0) is 36.8 Å². The minimum absolute atomic E-state index is 0.194. The summed E-state index contributed by atoms with van der Waals surface area (Å²) in [6.07, 6.45) is 0. The number of nitrogens with two attached hydrogens (primary N) is 1. The van der Waals surface area contributed by atoms with Crippen LogP contribution in [0.25, 0.3) is 0 Å². The lowest BCUT2D eigenvalue weighted by atomic mass is 10.2. The largest absolute Gasteiger partial charge is 0.320 e. The van der Waals surface area contributed by atoms with Gasteiger partial charge in [-0.1, -0.05) is 12.1 Å². The third kappa shape index (κ3) is 3.05. The van der Waals surface area contributed by atoms with Gasteiger partial charge in [-0.25, -0.2) is 15.2 Å². The molecule has 1 aromatic carbocycles. The molecule has 0 bridgehead atoms. The number of hydrogen-bond donors (Lipinski definition) is 3. The van der Waals surface area contributed by atoms with Gasteiger partial charge in [0, 0.05) is 5.69 Å². The molecule has 1 aromatic heterocycles. The molecule has 5 nitrogen and oxygen atoms in total. The number of halogens is 1. The number of amides is 1. The van der Waals surface area contributed by atoms with Crippen LogP contribution in [0.3, 0.4) is 0 Å². The zero-order valence-corrected chi connectivity index (χ0v) is 10.3. The minimum atomic E-state index is -0.425. The lowest BCUT2D eigenvalue weighted by Crippen LogP contribution is -2.16. The van der Waals surface area contributed by atoms with Gasteiger partial charge >= 0.3 is 0 Å². The molecule has 4 N–H and O–H groups in total. The second kappa shape index (κ2) is 5.45. The van der Waals surface area contributed by atoms with Gasteiger partial charge in [0.1, 0.15) is 17.3 Å². The van der Waals surface area contributed by atoms with Gasteiger partial charge in [0.05, 0.1) is 0 Å². The fourth-order valence-electron chi connectivity index (χ4n) is 1.56. The SMILES string of the molecule is Cc1ccc(F)cc1NC(=O)c1cccc(NN)n1. The number of nitrogens with one attached hydrogen (secondary N) is 2. The Balaban J connectivity index is 2.22. The van der Waals surface area contributed by atoms with Crippen LogP contribution in [0.4, 0.5) is 15.9 Å². The Labute approximate surface area is 109 Å². The Kier molecular flexibility index (Phi) is 3.72. The lowest BCUT2D eigenvalue weighted by Gasteiger charge is -2.08. The van der Waals surface area contributed by atoms with E-state index in [4.69, 9.17) is 5.84 Å². The molecule has 6 heteroatoms. The van der Waals surface area contributed by atoms with Crippen LogP contribution in [-0.2, 0) is 0 Å². The zero-order valence-electron chi connectivity index (χ0n) is 10.3. The van der Waals surface area contributed by atoms with Crippen molar-refractivity contribution in [3.8, 4) is 0 Å². The number of carbonyl (C=O) groups is 1. The fourth-order valence-corrected chi connectivity index (χ4v) is 1.56. The van der Waals surface area contributed by atoms with Crippen molar-refractivity contribution in [2.24, 2.45) is 5.84 Å². The second-order valence-electron chi connectivity index (χ2n) is 3.97. The van der Waals surface area contributed by atoms with E-state index in [0.29, 0.717) is 11.5 Å². The summed E-state index contributed by atoms with van der Waals surface area (Å²) in [6.45, 7) is 1.78. The van der Waals surface area contributed by atoms with Crippen LogP contribution in [0.5, 0.6) is 0 Å². The van der Waals surface area contributed by atoms with E-state index in [0.717, 1.165) is 5.56 Å². The van der Waals surface area contributed by atoms with E-state index in [9.17, 15) is 9.18 Å². The predicted octanol–water partition coefficient (Wildman–Crippen LogP) is 2.07. The molecule has 98 valence electrons. The molecule has 0 saturated carbocycles. The number of hydrogen-bond acceptors (Lipinski definition) is 4. The maximum Gasteiger partial charge on any atom is 0.274 e. The quantitative estimate of drug-likeness (QED) is 0.583. The van der Waals surface area contributed by atoms with Crippen molar-refractivity contribution >= 4 is 17.4 Å². The van der Waals surface area contributed by atoms with Crippen molar-refractivity contribution in [3.05, 3.63) is 53.5 Å². The van der Waals surface area contributed by atoms with Gasteiger partial charge in [-0.3, -0.25) is 4.79 Å². The summed E-state index contributed by atoms with van der Waals surface area (Å²) < 4.78 is 13.1. The first-order valence-electron chi connectivity index (χ1n) is 5.61. The minimum Gasteiger partial charge on any atom is -0.320 e. The van der Waals surface area contributed by atoms with Crippen molar-refractivity contribution in [2.75, 3.05) is 10.7 Å². The molecule has 1 heterocycles. The molecule has 19 heavy (non-hydrogen) atoms. The average molecular weight is 260 g/mol. The number of pyridine rings is 1. The Morgan fingerprint density at radius 3 is 2.84 bits per heavy atom. The maximum absolute atomic E-state index is 13.1. The van der Waals surface area contributed by atoms with E-state index in [2.05, 4.69) is 15.7 Å². The van der Waals surface area contributed by atoms with Crippen molar-refractivity contribution < 1.29 is 9.18 Å². The smallest absolute Gasteiger partial charge is 0.274 e. The molecule has 0 aliphatic rings. The predicted molar refractivity (Wildman–Crippen MR) is 71.1 cm³/mol. The molecule has 2 aromatic rings. The number of aromatic nitrogens is 1. The van der Waals surface area contributed by atoms with Crippen LogP contribution in [0, 0.1) is 12.7 Å². The van der Waals surface area contributed by atoms with Gasteiger partial charge in [0.15, 0.2) is 0 Å². The van der Waals surface area contributed by atoms with Crippen LogP contribution >= 0.6 is 0 Å². The number of aryl methyl sites for hydroxylation is 1. The Morgan fingerprint density at radius 2 is 2.11 bits per heavy atom. The van der Waals surface area contributed by atoms with Gasteiger partial charge in [-0.15, -0.1) is 0 Å². The van der Waals surface area contributed by atoms with E-state index in [1.807, 2.05) is 0 Å². The molecular weight excluding hydrogens is 247 g/mol. The van der Waals surface area contributed by atoms with E-state index < -0.39 is 11.7 Å². The topological polar surface area (TPSA) is 80.0 Å². The Hall–Kier alpha value is -2.47. The standard InChI is InChI=1S/C13H13FN4O/c1-8-5-6-9(14)7-11(8)17-13(19)10-3-2-4-12(16-10)18-15/h2-7H,15H2,1H3,(H,16,18)(H,17,19). The molecule has 1 amide bonds. The van der Waals surface area contributed by atoms with Crippen molar-refractivity contribution in [1.29, 1.82) is 0 Å². The highest BCUT2D eigenvalue weighted by atomic mass is 19.1. The summed E-state index contributed by atoms with van der Waals surface area (Å²) in [5, 5.41) is 2.61. The number of rotatable bonds is 3. The van der Waals surface area contributed by atoms with Crippen molar-refractivity contribution in [1.82, 2.24) is 4.98 Å². The van der Waals surface area contributed by atoms with E-state index in [1.165, 1.54) is 12.1 Å². The first kappa shape index (κ1) is 13.0. The number of hydrazine groups is 1. The summed E-state index contributed by atoms with van der Waals surface area (Å²) in [5.74, 6) is 4.76. The molecule has 0 aliphatic heterocycles. The average Bonchev–Trinajstić information content (AvgIpc) is 2.43. The van der Waals surface area contributed by atoms with Crippen LogP contribution in [0.2, 0.25) is 0 Å². The fraction of sp³-hybridized carbons (Fsp3) is 0.0769. The zero-order chi connectivity index (χ0) is 13.8. The third-order valence-electron chi connectivity index (χ3n) is 2.58. The molecule has 0 radical (unpaired) electrons. The summed E-state index contributed by atoms with van der Waals surface area (Å²) in [7, 11) is 0. The van der Waals surface area contributed by atoms with Crippen LogP contribution < -0.4 is 16.6 Å². The van der Waals surface area contributed by atoms with Gasteiger partial charge in [0.25, 0.3) is 5.91 Å². The Bertz CT molecular complexity index is 615. The monoisotopic (exact) mass is 260 g/mol. The van der Waals surface area contributed by atoms with Gasteiger partial charge in [-0.2, -0.15) is 0 Å². The summed E-state index contributed by atoms with van der Waals surface area (Å²) in [6, 6.07) is 9.02. The third-order valence-corrected chi connectivity index (χ3v) is 2.58. The van der Waals surface area contributed by atoms with Crippen LogP contribution in [0.15, 0.2) is 36.4 Å². The van der Waals surface area contributed by atoms with E-state index in [1.54, 1.807) is 31.2 Å². The van der Waals surface area contributed by atoms with E-state index >= 15 is 0 Å². The van der Waals surface area contributed by atoms with Crippen molar-refractivity contribution in [2.45, 2.75) is 6.92 Å². The van der Waals surface area contributed by atoms with Crippen molar-refractivity contribution in [3.63, 3.8) is 0 Å². The molecular formula is C13H13FN4O. The lowest BCUT2D eigenvalue weighted by molar-refractivity contribution is 0.102. The number of nitrogens with zero attached hydrogens (tertiary/aromatic N) is 1. The molecule has 0 fully saturated rings. The highest BCUT2D eigenvalue weighted by molar-refractivity contribution is 6.03. The molecule has 0 saturated heterocycles. The van der Waals surface area contributed by atoms with E-state index in [-0.39, 0.29) is 5.69 Å². The molecule has 0 atom stereocenters. The highest BCUT2D eigenvalue weighted by Gasteiger charge is 2.10. The first-order chi connectivity index (χ1) is 9.10. The normalized spacial score (nSPS) is 10.1. The van der Waals surface area contributed by atoms with Crippen LogP contribution in [0.1, 0.15) is 16.1 Å². The molecule has 0 aliphatic carbocycles. The van der Waals surface area contributed by atoms with Gasteiger partial charge < -0.3 is 10.7 Å².